The molecule has 28 heavy (non-hydrogen) atoms. The Balaban J connectivity index is 1.48. The molecule has 0 aliphatic carbocycles. The normalized spacial score (nSPS) is 12.2. The summed E-state index contributed by atoms with van der Waals surface area (Å²) < 4.78 is 0.779. The molecular weight excluding hydrogens is 420 g/mol. The van der Waals surface area contributed by atoms with Crippen molar-refractivity contribution in [2.24, 2.45) is 0 Å². The van der Waals surface area contributed by atoms with Gasteiger partial charge in [0.25, 0.3) is 5.91 Å². The summed E-state index contributed by atoms with van der Waals surface area (Å²) in [6.45, 7) is 0.551. The van der Waals surface area contributed by atoms with Crippen LogP contribution in [0.25, 0.3) is 0 Å². The summed E-state index contributed by atoms with van der Waals surface area (Å²) in [7, 11) is 0. The highest BCUT2D eigenvalue weighted by Crippen LogP contribution is 2.27. The lowest BCUT2D eigenvalue weighted by Gasteiger charge is -2.13. The van der Waals surface area contributed by atoms with Gasteiger partial charge in [0, 0.05) is 29.8 Å². The minimum atomic E-state index is -0.221. The SMILES string of the molecule is O=C1Cc2ccc(NC(=O)c3ccccc3NCc3ccc(Br)nc3)cc2N1. The lowest BCUT2D eigenvalue weighted by atomic mass is 10.1. The molecule has 140 valence electrons. The van der Waals surface area contributed by atoms with Crippen LogP contribution in [0.5, 0.6) is 0 Å². The molecule has 3 N–H and O–H groups in total. The number of benzene rings is 2. The van der Waals surface area contributed by atoms with E-state index in [1.54, 1.807) is 24.4 Å². The Kier molecular flexibility index (Phi) is 5.08. The van der Waals surface area contributed by atoms with Gasteiger partial charge in [0.2, 0.25) is 5.91 Å². The standard InChI is InChI=1S/C21H17BrN4O2/c22-19-8-5-13(12-24-19)11-23-17-4-2-1-3-16(17)21(28)25-15-7-6-14-9-20(27)26-18(14)10-15/h1-8,10,12,23H,9,11H2,(H,25,28)(H,26,27). The molecule has 4 rings (SSSR count). The van der Waals surface area contributed by atoms with Crippen molar-refractivity contribution in [3.63, 3.8) is 0 Å². The van der Waals surface area contributed by atoms with Gasteiger partial charge in [0.05, 0.1) is 12.0 Å². The van der Waals surface area contributed by atoms with Crippen molar-refractivity contribution >= 4 is 44.8 Å². The average molecular weight is 437 g/mol. The molecule has 1 aliphatic rings. The number of rotatable bonds is 5. The predicted molar refractivity (Wildman–Crippen MR) is 112 cm³/mol. The number of carbonyl (C=O) groups excluding carboxylic acids is 2. The molecule has 2 amide bonds. The molecule has 0 radical (unpaired) electrons. The first-order chi connectivity index (χ1) is 13.6. The lowest BCUT2D eigenvalue weighted by Crippen LogP contribution is -2.15. The molecule has 7 heteroatoms. The van der Waals surface area contributed by atoms with Crippen LogP contribution in [0, 0.1) is 0 Å². The summed E-state index contributed by atoms with van der Waals surface area (Å²) in [6, 6.07) is 16.6. The van der Waals surface area contributed by atoms with Crippen molar-refractivity contribution in [1.29, 1.82) is 0 Å². The monoisotopic (exact) mass is 436 g/mol. The third-order valence-electron chi connectivity index (χ3n) is 4.44. The minimum Gasteiger partial charge on any atom is -0.380 e. The first-order valence-corrected chi connectivity index (χ1v) is 9.55. The summed E-state index contributed by atoms with van der Waals surface area (Å²) in [6.07, 6.45) is 2.15. The summed E-state index contributed by atoms with van der Waals surface area (Å²) in [5.74, 6) is -0.253. The fourth-order valence-corrected chi connectivity index (χ4v) is 3.27. The molecule has 0 bridgehead atoms. The second-order valence-electron chi connectivity index (χ2n) is 6.44. The van der Waals surface area contributed by atoms with Gasteiger partial charge in [-0.3, -0.25) is 9.59 Å². The summed E-state index contributed by atoms with van der Waals surface area (Å²) >= 11 is 3.32. The molecule has 3 aromatic rings. The third-order valence-corrected chi connectivity index (χ3v) is 4.91. The fourth-order valence-electron chi connectivity index (χ4n) is 3.03. The molecule has 0 spiro atoms. The van der Waals surface area contributed by atoms with Crippen LogP contribution in [0.15, 0.2) is 65.4 Å². The van der Waals surface area contributed by atoms with E-state index in [4.69, 9.17) is 0 Å². The van der Waals surface area contributed by atoms with Crippen molar-refractivity contribution in [3.8, 4) is 0 Å². The Labute approximate surface area is 170 Å². The van der Waals surface area contributed by atoms with E-state index in [1.165, 1.54) is 0 Å². The van der Waals surface area contributed by atoms with Crippen LogP contribution in [0.4, 0.5) is 17.1 Å². The van der Waals surface area contributed by atoms with Gasteiger partial charge in [-0.05, 0) is 57.4 Å². The second kappa shape index (κ2) is 7.82. The topological polar surface area (TPSA) is 83.1 Å². The van der Waals surface area contributed by atoms with E-state index in [0.717, 1.165) is 27.1 Å². The Morgan fingerprint density at radius 1 is 1.14 bits per heavy atom. The molecule has 0 fully saturated rings. The second-order valence-corrected chi connectivity index (χ2v) is 7.25. The number of halogens is 1. The Bertz CT molecular complexity index is 1050. The highest BCUT2D eigenvalue weighted by Gasteiger charge is 2.18. The van der Waals surface area contributed by atoms with Crippen molar-refractivity contribution < 1.29 is 9.59 Å². The number of nitrogens with zero attached hydrogens (tertiary/aromatic N) is 1. The van der Waals surface area contributed by atoms with E-state index in [1.807, 2.05) is 36.4 Å². The van der Waals surface area contributed by atoms with Crippen LogP contribution >= 0.6 is 15.9 Å². The molecule has 0 unspecified atom stereocenters. The maximum absolute atomic E-state index is 12.8. The van der Waals surface area contributed by atoms with Crippen molar-refractivity contribution in [1.82, 2.24) is 4.98 Å². The maximum Gasteiger partial charge on any atom is 0.257 e. The quantitative estimate of drug-likeness (QED) is 0.523. The minimum absolute atomic E-state index is 0.0320. The number of hydrogen-bond donors (Lipinski definition) is 3. The van der Waals surface area contributed by atoms with Gasteiger partial charge >= 0.3 is 0 Å². The number of aromatic nitrogens is 1. The van der Waals surface area contributed by atoms with Crippen LogP contribution in [0.1, 0.15) is 21.5 Å². The number of hydrogen-bond acceptors (Lipinski definition) is 4. The van der Waals surface area contributed by atoms with Crippen LogP contribution in [-0.2, 0) is 17.8 Å². The van der Waals surface area contributed by atoms with Gasteiger partial charge < -0.3 is 16.0 Å². The first kappa shape index (κ1) is 18.2. The lowest BCUT2D eigenvalue weighted by molar-refractivity contribution is -0.115. The predicted octanol–water partition coefficient (Wildman–Crippen LogP) is 4.20. The number of pyridine rings is 1. The summed E-state index contributed by atoms with van der Waals surface area (Å²) in [5, 5.41) is 8.98. The van der Waals surface area contributed by atoms with E-state index in [0.29, 0.717) is 24.2 Å². The number of para-hydroxylation sites is 1. The third kappa shape index (κ3) is 4.04. The molecule has 1 aliphatic heterocycles. The largest absolute Gasteiger partial charge is 0.380 e. The number of carbonyl (C=O) groups is 2. The molecule has 0 saturated carbocycles. The first-order valence-electron chi connectivity index (χ1n) is 8.76. The van der Waals surface area contributed by atoms with Crippen molar-refractivity contribution in [2.75, 3.05) is 16.0 Å². The summed E-state index contributed by atoms with van der Waals surface area (Å²) in [4.78, 5) is 28.5. The van der Waals surface area contributed by atoms with Crippen LogP contribution in [0.2, 0.25) is 0 Å². The van der Waals surface area contributed by atoms with Gasteiger partial charge in [0.1, 0.15) is 4.60 Å². The molecular formula is C21H17BrN4O2. The average Bonchev–Trinajstić information content (AvgIpc) is 3.07. The van der Waals surface area contributed by atoms with Crippen LogP contribution < -0.4 is 16.0 Å². The van der Waals surface area contributed by atoms with Gasteiger partial charge in [-0.25, -0.2) is 4.98 Å². The molecule has 0 atom stereocenters. The highest BCUT2D eigenvalue weighted by atomic mass is 79.9. The zero-order valence-electron chi connectivity index (χ0n) is 14.8. The molecule has 6 nitrogen and oxygen atoms in total. The molecule has 2 aromatic carbocycles. The van der Waals surface area contributed by atoms with Gasteiger partial charge in [-0.15, -0.1) is 0 Å². The number of amides is 2. The van der Waals surface area contributed by atoms with E-state index >= 15 is 0 Å². The van der Waals surface area contributed by atoms with Gasteiger partial charge in [0.15, 0.2) is 0 Å². The van der Waals surface area contributed by atoms with E-state index in [9.17, 15) is 9.59 Å². The number of anilines is 3. The Morgan fingerprint density at radius 3 is 2.82 bits per heavy atom. The Morgan fingerprint density at radius 2 is 2.00 bits per heavy atom. The van der Waals surface area contributed by atoms with Crippen molar-refractivity contribution in [3.05, 3.63) is 82.1 Å². The van der Waals surface area contributed by atoms with Crippen molar-refractivity contribution in [2.45, 2.75) is 13.0 Å². The highest BCUT2D eigenvalue weighted by molar-refractivity contribution is 9.10. The Hall–Kier alpha value is -3.19. The zero-order valence-corrected chi connectivity index (χ0v) is 16.4. The maximum atomic E-state index is 12.8. The van der Waals surface area contributed by atoms with Crippen LogP contribution in [0.3, 0.4) is 0 Å². The number of nitrogens with one attached hydrogen (secondary N) is 3. The number of fused-ring (bicyclic) bond motifs is 1. The smallest absolute Gasteiger partial charge is 0.257 e. The van der Waals surface area contributed by atoms with Crippen LogP contribution in [-0.4, -0.2) is 16.8 Å². The van der Waals surface area contributed by atoms with E-state index in [2.05, 4.69) is 36.9 Å². The fraction of sp³-hybridized carbons (Fsp3) is 0.0952. The molecule has 1 aromatic heterocycles. The molecule has 0 saturated heterocycles. The van der Waals surface area contributed by atoms with Gasteiger partial charge in [-0.1, -0.05) is 24.3 Å². The van der Waals surface area contributed by atoms with Gasteiger partial charge in [-0.2, -0.15) is 0 Å². The molecule has 2 heterocycles. The zero-order chi connectivity index (χ0) is 19.5. The van der Waals surface area contributed by atoms with E-state index < -0.39 is 0 Å². The summed E-state index contributed by atoms with van der Waals surface area (Å²) in [5.41, 5.74) is 4.60. The van der Waals surface area contributed by atoms with E-state index in [-0.39, 0.29) is 11.8 Å².